The van der Waals surface area contributed by atoms with Crippen molar-refractivity contribution in [2.45, 2.75) is 25.5 Å². The SMILES string of the molecule is C=CCOC(=O)Nc1cccc(C2=C(C(=O)O)N3C(=O)[C@H]([C@@H](C)O)[C@H]3C2)c1. The predicted molar refractivity (Wildman–Crippen MR) is 96.6 cm³/mol. The van der Waals surface area contributed by atoms with Gasteiger partial charge in [-0.05, 0) is 36.6 Å². The molecule has 0 radical (unpaired) electrons. The first-order valence-corrected chi connectivity index (χ1v) is 8.47. The summed E-state index contributed by atoms with van der Waals surface area (Å²) in [5, 5.41) is 22.0. The van der Waals surface area contributed by atoms with Gasteiger partial charge in [-0.1, -0.05) is 24.8 Å². The molecule has 0 aromatic heterocycles. The molecule has 0 bridgehead atoms. The van der Waals surface area contributed by atoms with Crippen LogP contribution in [-0.2, 0) is 14.3 Å². The summed E-state index contributed by atoms with van der Waals surface area (Å²) in [5.41, 5.74) is 1.44. The number of amides is 2. The third-order valence-electron chi connectivity index (χ3n) is 4.72. The van der Waals surface area contributed by atoms with Gasteiger partial charge < -0.3 is 19.8 Å². The van der Waals surface area contributed by atoms with Crippen molar-refractivity contribution in [2.75, 3.05) is 11.9 Å². The molecule has 2 amide bonds. The largest absolute Gasteiger partial charge is 0.477 e. The molecular formula is C19H20N2O6. The normalized spacial score (nSPS) is 22.0. The Bertz CT molecular complexity index is 844. The van der Waals surface area contributed by atoms with Crippen LogP contribution in [0.2, 0.25) is 0 Å². The van der Waals surface area contributed by atoms with Crippen LogP contribution in [-0.4, -0.2) is 51.8 Å². The van der Waals surface area contributed by atoms with Crippen LogP contribution in [0.15, 0.2) is 42.6 Å². The smallest absolute Gasteiger partial charge is 0.411 e. The number of anilines is 1. The van der Waals surface area contributed by atoms with E-state index in [9.17, 15) is 24.6 Å². The van der Waals surface area contributed by atoms with Crippen molar-refractivity contribution >= 4 is 29.2 Å². The fourth-order valence-corrected chi connectivity index (χ4v) is 3.60. The van der Waals surface area contributed by atoms with Crippen LogP contribution >= 0.6 is 0 Å². The maximum Gasteiger partial charge on any atom is 0.411 e. The van der Waals surface area contributed by atoms with E-state index in [4.69, 9.17) is 4.74 Å². The molecule has 8 nitrogen and oxygen atoms in total. The highest BCUT2D eigenvalue weighted by Crippen LogP contribution is 2.47. The minimum absolute atomic E-state index is 0.0688. The average molecular weight is 372 g/mol. The zero-order chi connectivity index (χ0) is 19.7. The third kappa shape index (κ3) is 3.31. The first-order valence-electron chi connectivity index (χ1n) is 8.47. The van der Waals surface area contributed by atoms with E-state index in [2.05, 4.69) is 11.9 Å². The lowest BCUT2D eigenvalue weighted by Crippen LogP contribution is -2.61. The zero-order valence-corrected chi connectivity index (χ0v) is 14.7. The number of aliphatic hydroxyl groups is 1. The molecule has 0 aliphatic carbocycles. The van der Waals surface area contributed by atoms with E-state index in [1.165, 1.54) is 17.9 Å². The van der Waals surface area contributed by atoms with Gasteiger partial charge in [-0.2, -0.15) is 0 Å². The van der Waals surface area contributed by atoms with E-state index in [0.717, 1.165) is 0 Å². The summed E-state index contributed by atoms with van der Waals surface area (Å²) < 4.78 is 4.86. The molecule has 3 atom stereocenters. The Kier molecular flexibility index (Phi) is 5.00. The number of fused-ring (bicyclic) bond motifs is 1. The molecule has 0 unspecified atom stereocenters. The standard InChI is InChI=1S/C19H20N2O6/c1-3-7-27-19(26)20-12-6-4-5-11(8-12)13-9-14-15(10(2)22)17(23)21(14)16(13)18(24)25/h3-6,8,10,14-15,22H,1,7,9H2,2H3,(H,20,26)(H,24,25)/t10-,14-,15-/m1/s1. The number of carbonyl (C=O) groups is 3. The van der Waals surface area contributed by atoms with Gasteiger partial charge in [0.1, 0.15) is 12.3 Å². The number of carboxylic acid groups (broad SMARTS) is 1. The lowest BCUT2D eigenvalue weighted by Gasteiger charge is -2.44. The van der Waals surface area contributed by atoms with E-state index in [0.29, 0.717) is 23.2 Å². The number of benzene rings is 1. The van der Waals surface area contributed by atoms with Gasteiger partial charge in [0, 0.05) is 5.69 Å². The third-order valence-corrected chi connectivity index (χ3v) is 4.72. The van der Waals surface area contributed by atoms with Gasteiger partial charge in [0.05, 0.1) is 18.1 Å². The van der Waals surface area contributed by atoms with Gasteiger partial charge in [-0.25, -0.2) is 9.59 Å². The highest BCUT2D eigenvalue weighted by Gasteiger charge is 2.56. The first-order chi connectivity index (χ1) is 12.8. The van der Waals surface area contributed by atoms with Crippen molar-refractivity contribution in [3.63, 3.8) is 0 Å². The highest BCUT2D eigenvalue weighted by molar-refractivity contribution is 6.06. The lowest BCUT2D eigenvalue weighted by atomic mass is 9.82. The number of hydrogen-bond acceptors (Lipinski definition) is 5. The lowest BCUT2D eigenvalue weighted by molar-refractivity contribution is -0.161. The molecule has 142 valence electrons. The Hall–Kier alpha value is -3.13. The van der Waals surface area contributed by atoms with Crippen molar-refractivity contribution < 1.29 is 29.3 Å². The molecule has 1 fully saturated rings. The number of nitrogens with one attached hydrogen (secondary N) is 1. The molecule has 0 spiro atoms. The molecule has 3 N–H and O–H groups in total. The molecule has 3 rings (SSSR count). The quantitative estimate of drug-likeness (QED) is 0.518. The van der Waals surface area contributed by atoms with Crippen LogP contribution in [0.1, 0.15) is 18.9 Å². The number of hydrogen-bond donors (Lipinski definition) is 3. The monoisotopic (exact) mass is 372 g/mol. The van der Waals surface area contributed by atoms with Crippen molar-refractivity contribution in [1.82, 2.24) is 4.90 Å². The van der Waals surface area contributed by atoms with E-state index >= 15 is 0 Å². The van der Waals surface area contributed by atoms with Crippen molar-refractivity contribution in [3.05, 3.63) is 48.2 Å². The number of β-lactam (4-membered cyclic amide) rings is 1. The number of nitrogens with zero attached hydrogens (tertiary/aromatic N) is 1. The maximum atomic E-state index is 12.3. The number of ether oxygens (including phenoxy) is 1. The Morgan fingerprint density at radius 2 is 2.22 bits per heavy atom. The molecule has 27 heavy (non-hydrogen) atoms. The summed E-state index contributed by atoms with van der Waals surface area (Å²) in [7, 11) is 0. The van der Waals surface area contributed by atoms with Crippen LogP contribution in [0.3, 0.4) is 0 Å². The van der Waals surface area contributed by atoms with Gasteiger partial charge in [0.25, 0.3) is 0 Å². The van der Waals surface area contributed by atoms with E-state index < -0.39 is 24.1 Å². The van der Waals surface area contributed by atoms with Crippen LogP contribution in [0.25, 0.3) is 5.57 Å². The molecular weight excluding hydrogens is 352 g/mol. The second kappa shape index (κ2) is 7.24. The Labute approximate surface area is 155 Å². The summed E-state index contributed by atoms with van der Waals surface area (Å²) in [6, 6.07) is 6.29. The summed E-state index contributed by atoms with van der Waals surface area (Å²) in [4.78, 5) is 37.0. The topological polar surface area (TPSA) is 116 Å². The van der Waals surface area contributed by atoms with E-state index in [1.807, 2.05) is 0 Å². The summed E-state index contributed by atoms with van der Waals surface area (Å²) in [6.07, 6.45) is 0.269. The van der Waals surface area contributed by atoms with Gasteiger partial charge in [-0.15, -0.1) is 0 Å². The van der Waals surface area contributed by atoms with Gasteiger partial charge in [0.2, 0.25) is 5.91 Å². The van der Waals surface area contributed by atoms with Crippen molar-refractivity contribution in [2.24, 2.45) is 5.92 Å². The number of aliphatic carboxylic acids is 1. The molecule has 2 aliphatic heterocycles. The zero-order valence-electron chi connectivity index (χ0n) is 14.7. The van der Waals surface area contributed by atoms with E-state index in [-0.39, 0.29) is 24.3 Å². The minimum Gasteiger partial charge on any atom is -0.477 e. The maximum absolute atomic E-state index is 12.3. The minimum atomic E-state index is -1.20. The first kappa shape index (κ1) is 18.7. The highest BCUT2D eigenvalue weighted by atomic mass is 16.5. The fraction of sp³-hybridized carbons (Fsp3) is 0.316. The molecule has 1 aromatic rings. The van der Waals surface area contributed by atoms with Gasteiger partial charge in [-0.3, -0.25) is 10.1 Å². The predicted octanol–water partition coefficient (Wildman–Crippen LogP) is 1.83. The number of carbonyl (C=O) groups excluding carboxylic acids is 2. The molecule has 2 aliphatic rings. The second-order valence-electron chi connectivity index (χ2n) is 6.47. The summed E-state index contributed by atoms with van der Waals surface area (Å²) in [5.74, 6) is -2.19. The average Bonchev–Trinajstić information content (AvgIpc) is 2.95. The molecule has 1 aromatic carbocycles. The van der Waals surface area contributed by atoms with Gasteiger partial charge >= 0.3 is 12.1 Å². The Balaban J connectivity index is 1.88. The second-order valence-corrected chi connectivity index (χ2v) is 6.47. The van der Waals surface area contributed by atoms with Crippen LogP contribution in [0.5, 0.6) is 0 Å². The molecule has 1 saturated heterocycles. The van der Waals surface area contributed by atoms with Crippen LogP contribution < -0.4 is 5.32 Å². The van der Waals surface area contributed by atoms with Gasteiger partial charge in [0.15, 0.2) is 0 Å². The van der Waals surface area contributed by atoms with Crippen molar-refractivity contribution in [3.8, 4) is 0 Å². The Morgan fingerprint density at radius 1 is 1.48 bits per heavy atom. The Morgan fingerprint density at radius 3 is 2.85 bits per heavy atom. The fourth-order valence-electron chi connectivity index (χ4n) is 3.60. The van der Waals surface area contributed by atoms with E-state index in [1.54, 1.807) is 24.3 Å². The number of carboxylic acids is 1. The summed E-state index contributed by atoms with van der Waals surface area (Å²) in [6.45, 7) is 5.05. The number of aliphatic hydroxyl groups excluding tert-OH is 1. The van der Waals surface area contributed by atoms with Crippen LogP contribution in [0, 0.1) is 5.92 Å². The number of rotatable bonds is 6. The molecule has 2 heterocycles. The summed E-state index contributed by atoms with van der Waals surface area (Å²) >= 11 is 0. The van der Waals surface area contributed by atoms with Crippen LogP contribution in [0.4, 0.5) is 10.5 Å². The molecule has 0 saturated carbocycles. The van der Waals surface area contributed by atoms with Crippen molar-refractivity contribution in [1.29, 1.82) is 0 Å². The molecule has 8 heteroatoms.